The summed E-state index contributed by atoms with van der Waals surface area (Å²) in [4.78, 5) is 0. The zero-order chi connectivity index (χ0) is 15.7. The lowest BCUT2D eigenvalue weighted by atomic mass is 10.2. The highest BCUT2D eigenvalue weighted by molar-refractivity contribution is 5.74. The zero-order valence-corrected chi connectivity index (χ0v) is 10.6. The van der Waals surface area contributed by atoms with Gasteiger partial charge in [0, 0.05) is 6.07 Å². The van der Waals surface area contributed by atoms with E-state index in [1.165, 1.54) is 25.3 Å². The van der Waals surface area contributed by atoms with Crippen LogP contribution in [0.5, 0.6) is 5.75 Å². The Hall–Kier alpha value is -2.51. The van der Waals surface area contributed by atoms with Gasteiger partial charge in [0.15, 0.2) is 23.3 Å². The normalized spacial score (nSPS) is 10.6. The number of nitrogens with one attached hydrogen (secondary N) is 1. The second kappa shape index (κ2) is 5.47. The number of hydrogen-bond donors (Lipinski definition) is 2. The van der Waals surface area contributed by atoms with E-state index in [-0.39, 0.29) is 11.4 Å². The molecule has 3 N–H and O–H groups in total. The topological polar surface area (TPSA) is 47.3 Å². The molecule has 0 aliphatic heterocycles. The summed E-state index contributed by atoms with van der Waals surface area (Å²) >= 11 is 0. The van der Waals surface area contributed by atoms with E-state index in [9.17, 15) is 22.0 Å². The van der Waals surface area contributed by atoms with E-state index >= 15 is 0 Å². The number of nitrogens with two attached hydrogens (primary N) is 1. The highest BCUT2D eigenvalue weighted by Gasteiger charge is 2.26. The van der Waals surface area contributed by atoms with Gasteiger partial charge < -0.3 is 15.8 Å². The van der Waals surface area contributed by atoms with Crippen LogP contribution in [0.3, 0.4) is 0 Å². The number of halogens is 5. The van der Waals surface area contributed by atoms with Crippen molar-refractivity contribution in [3.05, 3.63) is 47.3 Å². The molecule has 0 aliphatic carbocycles. The summed E-state index contributed by atoms with van der Waals surface area (Å²) in [6.07, 6.45) is 0. The van der Waals surface area contributed by atoms with E-state index in [0.717, 1.165) is 0 Å². The number of benzene rings is 2. The van der Waals surface area contributed by atoms with E-state index in [4.69, 9.17) is 10.5 Å². The Balaban J connectivity index is 2.50. The molecular formula is C13H9F5N2O. The number of methoxy groups -OCH3 is 1. The quantitative estimate of drug-likeness (QED) is 0.393. The molecule has 0 saturated heterocycles. The van der Waals surface area contributed by atoms with Crippen LogP contribution in [0.4, 0.5) is 39.0 Å². The van der Waals surface area contributed by atoms with Gasteiger partial charge in [-0.15, -0.1) is 0 Å². The smallest absolute Gasteiger partial charge is 0.200 e. The van der Waals surface area contributed by atoms with E-state index < -0.39 is 34.8 Å². The van der Waals surface area contributed by atoms with Gasteiger partial charge in [0.05, 0.1) is 18.5 Å². The number of nitrogen functional groups attached to an aromatic ring is 1. The fourth-order valence-corrected chi connectivity index (χ4v) is 1.63. The van der Waals surface area contributed by atoms with Crippen molar-refractivity contribution >= 4 is 17.1 Å². The maximum Gasteiger partial charge on any atom is 0.200 e. The van der Waals surface area contributed by atoms with Crippen molar-refractivity contribution in [2.45, 2.75) is 0 Å². The summed E-state index contributed by atoms with van der Waals surface area (Å²) in [6.45, 7) is 0. The minimum Gasteiger partial charge on any atom is -0.497 e. The zero-order valence-electron chi connectivity index (χ0n) is 10.6. The number of rotatable bonds is 3. The molecule has 0 aromatic heterocycles. The second-order valence-electron chi connectivity index (χ2n) is 4.02. The predicted octanol–water partition coefficient (Wildman–Crippen LogP) is 3.72. The summed E-state index contributed by atoms with van der Waals surface area (Å²) in [5.74, 6) is -9.87. The summed E-state index contributed by atoms with van der Waals surface area (Å²) in [6, 6.07) is 4.02. The Bertz CT molecular complexity index is 676. The molecule has 2 rings (SSSR count). The van der Waals surface area contributed by atoms with Gasteiger partial charge in [-0.3, -0.25) is 0 Å². The average Bonchev–Trinajstić information content (AvgIpc) is 2.48. The average molecular weight is 304 g/mol. The number of hydrogen-bond acceptors (Lipinski definition) is 3. The van der Waals surface area contributed by atoms with Gasteiger partial charge in [-0.2, -0.15) is 0 Å². The molecule has 0 spiro atoms. The third-order valence-corrected chi connectivity index (χ3v) is 2.73. The van der Waals surface area contributed by atoms with Gasteiger partial charge in [-0.05, 0) is 12.1 Å². The monoisotopic (exact) mass is 304 g/mol. The van der Waals surface area contributed by atoms with Gasteiger partial charge in [0.1, 0.15) is 11.4 Å². The third kappa shape index (κ3) is 2.56. The van der Waals surface area contributed by atoms with Gasteiger partial charge in [-0.1, -0.05) is 0 Å². The van der Waals surface area contributed by atoms with Crippen LogP contribution in [0, 0.1) is 29.1 Å². The third-order valence-electron chi connectivity index (χ3n) is 2.73. The Labute approximate surface area is 116 Å². The molecule has 8 heteroatoms. The molecule has 0 fully saturated rings. The minimum absolute atomic E-state index is 0.0123. The SMILES string of the molecule is COc1ccc(Nc2c(F)c(F)c(F)c(F)c2F)c(N)c1. The molecule has 2 aromatic carbocycles. The first-order chi connectivity index (χ1) is 9.86. The predicted molar refractivity (Wildman–Crippen MR) is 66.9 cm³/mol. The summed E-state index contributed by atoms with van der Waals surface area (Å²) in [5.41, 5.74) is 4.41. The van der Waals surface area contributed by atoms with Crippen LogP contribution in [-0.2, 0) is 0 Å². The van der Waals surface area contributed by atoms with Crippen molar-refractivity contribution in [2.24, 2.45) is 0 Å². The molecule has 0 amide bonds. The molecule has 0 saturated carbocycles. The van der Waals surface area contributed by atoms with E-state index in [1.54, 1.807) is 0 Å². The van der Waals surface area contributed by atoms with Crippen molar-refractivity contribution in [1.29, 1.82) is 0 Å². The molecule has 3 nitrogen and oxygen atoms in total. The van der Waals surface area contributed by atoms with Gasteiger partial charge >= 0.3 is 0 Å². The first-order valence-electron chi connectivity index (χ1n) is 5.58. The summed E-state index contributed by atoms with van der Waals surface area (Å²) in [7, 11) is 1.38. The van der Waals surface area contributed by atoms with Crippen LogP contribution in [-0.4, -0.2) is 7.11 Å². The van der Waals surface area contributed by atoms with Gasteiger partial charge in [-0.25, -0.2) is 22.0 Å². The second-order valence-corrected chi connectivity index (χ2v) is 4.02. The van der Waals surface area contributed by atoms with Gasteiger partial charge in [0.2, 0.25) is 5.82 Å². The molecule has 0 radical (unpaired) electrons. The lowest BCUT2D eigenvalue weighted by molar-refractivity contribution is 0.382. The fourth-order valence-electron chi connectivity index (χ4n) is 1.63. The Morgan fingerprint density at radius 3 is 1.90 bits per heavy atom. The highest BCUT2D eigenvalue weighted by Crippen LogP contribution is 2.32. The molecule has 0 atom stereocenters. The maximum atomic E-state index is 13.5. The largest absolute Gasteiger partial charge is 0.497 e. The molecule has 0 unspecified atom stereocenters. The standard InChI is InChI=1S/C13H9F5N2O/c1-21-5-2-3-7(6(19)4-5)20-13-11(17)9(15)8(14)10(16)12(13)18/h2-4,20H,19H2,1H3. The molecule has 112 valence electrons. The first kappa shape index (κ1) is 14.9. The van der Waals surface area contributed by atoms with Crippen molar-refractivity contribution in [1.82, 2.24) is 0 Å². The van der Waals surface area contributed by atoms with Crippen LogP contribution in [0.15, 0.2) is 18.2 Å². The van der Waals surface area contributed by atoms with Crippen molar-refractivity contribution in [2.75, 3.05) is 18.2 Å². The number of anilines is 3. The molecule has 2 aromatic rings. The maximum absolute atomic E-state index is 13.5. The van der Waals surface area contributed by atoms with Crippen LogP contribution < -0.4 is 15.8 Å². The van der Waals surface area contributed by atoms with Crippen LogP contribution in [0.1, 0.15) is 0 Å². The van der Waals surface area contributed by atoms with Gasteiger partial charge in [0.25, 0.3) is 0 Å². The van der Waals surface area contributed by atoms with E-state index in [2.05, 4.69) is 5.32 Å². The van der Waals surface area contributed by atoms with Crippen molar-refractivity contribution in [3.8, 4) is 5.75 Å². The van der Waals surface area contributed by atoms with Crippen molar-refractivity contribution in [3.63, 3.8) is 0 Å². The Morgan fingerprint density at radius 1 is 0.905 bits per heavy atom. The summed E-state index contributed by atoms with van der Waals surface area (Å²) in [5, 5.41) is 2.09. The van der Waals surface area contributed by atoms with Crippen LogP contribution in [0.25, 0.3) is 0 Å². The molecule has 0 heterocycles. The lowest BCUT2D eigenvalue weighted by Crippen LogP contribution is -2.07. The van der Waals surface area contributed by atoms with E-state index in [1.807, 2.05) is 0 Å². The lowest BCUT2D eigenvalue weighted by Gasteiger charge is -2.13. The van der Waals surface area contributed by atoms with Crippen molar-refractivity contribution < 1.29 is 26.7 Å². The fraction of sp³-hybridized carbons (Fsp3) is 0.0769. The first-order valence-corrected chi connectivity index (χ1v) is 5.58. The Kier molecular flexibility index (Phi) is 3.88. The molecule has 0 bridgehead atoms. The minimum atomic E-state index is -2.22. The Morgan fingerprint density at radius 2 is 1.43 bits per heavy atom. The van der Waals surface area contributed by atoms with Crippen LogP contribution >= 0.6 is 0 Å². The molecule has 0 aliphatic rings. The summed E-state index contributed by atoms with van der Waals surface area (Å²) < 4.78 is 71.0. The van der Waals surface area contributed by atoms with Crippen LogP contribution in [0.2, 0.25) is 0 Å². The number of ether oxygens (including phenoxy) is 1. The molecule has 21 heavy (non-hydrogen) atoms. The van der Waals surface area contributed by atoms with E-state index in [0.29, 0.717) is 5.75 Å². The molecular weight excluding hydrogens is 295 g/mol. The highest BCUT2D eigenvalue weighted by atomic mass is 19.2.